The lowest BCUT2D eigenvalue weighted by Crippen LogP contribution is -2.22. The van der Waals surface area contributed by atoms with Crippen LogP contribution in [0.5, 0.6) is 5.88 Å². The number of nitrogens with one attached hydrogen (secondary N) is 1. The van der Waals surface area contributed by atoms with E-state index in [-0.39, 0.29) is 21.7 Å². The average Bonchev–Trinajstić information content (AvgIpc) is 2.01. The normalized spacial score (nSPS) is 11.7. The third kappa shape index (κ3) is 2.09. The topological polar surface area (TPSA) is 66.0 Å². The van der Waals surface area contributed by atoms with Gasteiger partial charge in [0, 0.05) is 5.41 Å². The van der Waals surface area contributed by atoms with Gasteiger partial charge in [-0.05, 0) is 6.26 Å². The van der Waals surface area contributed by atoms with Crippen molar-refractivity contribution in [2.45, 2.75) is 31.1 Å². The van der Waals surface area contributed by atoms with E-state index in [0.717, 1.165) is 0 Å². The molecule has 14 heavy (non-hydrogen) atoms. The van der Waals surface area contributed by atoms with E-state index in [9.17, 15) is 9.90 Å². The molecule has 1 aromatic heterocycles. The summed E-state index contributed by atoms with van der Waals surface area (Å²) in [5.74, 6) is 0.309. The minimum Gasteiger partial charge on any atom is -0.492 e. The summed E-state index contributed by atoms with van der Waals surface area (Å²) in [5, 5.41) is 9.48. The molecule has 0 fully saturated rings. The van der Waals surface area contributed by atoms with Gasteiger partial charge in [0.1, 0.15) is 10.7 Å². The molecule has 0 aliphatic carbocycles. The first-order valence-electron chi connectivity index (χ1n) is 4.24. The number of nitrogens with zero attached hydrogens (tertiary/aromatic N) is 1. The summed E-state index contributed by atoms with van der Waals surface area (Å²) < 4.78 is 0. The van der Waals surface area contributed by atoms with Gasteiger partial charge in [0.15, 0.2) is 0 Å². The standard InChI is InChI=1S/C9H14N2O2S/c1-9(2,3)8-10-6(12)5(14-4)7(13)11-8/h1-4H3,(H2,10,11,12,13). The quantitative estimate of drug-likeness (QED) is 0.695. The Morgan fingerprint density at radius 2 is 2.00 bits per heavy atom. The highest BCUT2D eigenvalue weighted by molar-refractivity contribution is 7.98. The second-order valence-electron chi connectivity index (χ2n) is 4.02. The van der Waals surface area contributed by atoms with E-state index in [2.05, 4.69) is 9.97 Å². The predicted octanol–water partition coefficient (Wildman–Crippen LogP) is 1.49. The van der Waals surface area contributed by atoms with Crippen LogP contribution >= 0.6 is 11.8 Å². The largest absolute Gasteiger partial charge is 0.492 e. The number of aromatic amines is 1. The highest BCUT2D eigenvalue weighted by atomic mass is 32.2. The number of rotatable bonds is 1. The van der Waals surface area contributed by atoms with Crippen molar-refractivity contribution in [3.63, 3.8) is 0 Å². The van der Waals surface area contributed by atoms with E-state index >= 15 is 0 Å². The molecule has 0 unspecified atom stereocenters. The maximum Gasteiger partial charge on any atom is 0.268 e. The van der Waals surface area contributed by atoms with Gasteiger partial charge in [0.25, 0.3) is 5.56 Å². The summed E-state index contributed by atoms with van der Waals surface area (Å²) in [5.41, 5.74) is -0.553. The predicted molar refractivity (Wildman–Crippen MR) is 57.0 cm³/mol. The first-order chi connectivity index (χ1) is 6.36. The Kier molecular flexibility index (Phi) is 2.89. The molecule has 0 radical (unpaired) electrons. The minimum atomic E-state index is -0.282. The van der Waals surface area contributed by atoms with Crippen LogP contribution in [0.15, 0.2) is 9.69 Å². The lowest BCUT2D eigenvalue weighted by atomic mass is 9.96. The van der Waals surface area contributed by atoms with Gasteiger partial charge in [0.2, 0.25) is 5.88 Å². The van der Waals surface area contributed by atoms with Gasteiger partial charge in [0.05, 0.1) is 0 Å². The summed E-state index contributed by atoms with van der Waals surface area (Å²) in [6, 6.07) is 0. The summed E-state index contributed by atoms with van der Waals surface area (Å²) in [7, 11) is 0. The van der Waals surface area contributed by atoms with Crippen molar-refractivity contribution in [3.8, 4) is 5.88 Å². The summed E-state index contributed by atoms with van der Waals surface area (Å²) >= 11 is 1.19. The number of aromatic hydroxyl groups is 1. The van der Waals surface area contributed by atoms with E-state index in [1.807, 2.05) is 20.8 Å². The number of H-pyrrole nitrogens is 1. The van der Waals surface area contributed by atoms with Crippen LogP contribution in [0.3, 0.4) is 0 Å². The molecule has 0 aromatic carbocycles. The molecule has 1 aromatic rings. The van der Waals surface area contributed by atoms with E-state index in [4.69, 9.17) is 0 Å². The summed E-state index contributed by atoms with van der Waals surface area (Å²) in [4.78, 5) is 18.3. The molecule has 0 bridgehead atoms. The summed E-state index contributed by atoms with van der Waals surface area (Å²) in [6.07, 6.45) is 1.72. The second kappa shape index (κ2) is 3.65. The number of aromatic nitrogens is 2. The summed E-state index contributed by atoms with van der Waals surface area (Å²) in [6.45, 7) is 5.76. The zero-order valence-electron chi connectivity index (χ0n) is 8.71. The Balaban J connectivity index is 3.36. The average molecular weight is 214 g/mol. The highest BCUT2D eigenvalue weighted by Gasteiger charge is 2.19. The van der Waals surface area contributed by atoms with Crippen LogP contribution in [-0.4, -0.2) is 21.3 Å². The molecule has 2 N–H and O–H groups in total. The Morgan fingerprint density at radius 3 is 2.36 bits per heavy atom. The monoisotopic (exact) mass is 214 g/mol. The van der Waals surface area contributed by atoms with Crippen molar-refractivity contribution in [3.05, 3.63) is 16.2 Å². The van der Waals surface area contributed by atoms with Crippen LogP contribution in [0.25, 0.3) is 0 Å². The van der Waals surface area contributed by atoms with Gasteiger partial charge >= 0.3 is 0 Å². The third-order valence-corrected chi connectivity index (χ3v) is 2.55. The molecule has 4 nitrogen and oxygen atoms in total. The smallest absolute Gasteiger partial charge is 0.268 e. The van der Waals surface area contributed by atoms with Crippen molar-refractivity contribution in [1.82, 2.24) is 9.97 Å². The molecular weight excluding hydrogens is 200 g/mol. The van der Waals surface area contributed by atoms with Gasteiger partial charge < -0.3 is 10.1 Å². The van der Waals surface area contributed by atoms with E-state index in [1.54, 1.807) is 6.26 Å². The van der Waals surface area contributed by atoms with Crippen LogP contribution in [-0.2, 0) is 5.41 Å². The van der Waals surface area contributed by atoms with Crippen LogP contribution < -0.4 is 5.56 Å². The van der Waals surface area contributed by atoms with Gasteiger partial charge in [-0.15, -0.1) is 11.8 Å². The molecule has 5 heteroatoms. The molecule has 0 saturated heterocycles. The van der Waals surface area contributed by atoms with Crippen LogP contribution in [0.1, 0.15) is 26.6 Å². The number of hydrogen-bond acceptors (Lipinski definition) is 4. The zero-order chi connectivity index (χ0) is 10.9. The number of thioether (sulfide) groups is 1. The minimum absolute atomic E-state index is 0.189. The Hall–Kier alpha value is -0.970. The second-order valence-corrected chi connectivity index (χ2v) is 4.84. The van der Waals surface area contributed by atoms with Gasteiger partial charge in [-0.1, -0.05) is 20.8 Å². The van der Waals surface area contributed by atoms with Crippen molar-refractivity contribution < 1.29 is 5.11 Å². The maximum absolute atomic E-state index is 11.5. The SMILES string of the molecule is CSc1c(O)nc(C(C)(C)C)[nH]c1=O. The molecule has 1 rings (SSSR count). The van der Waals surface area contributed by atoms with Crippen molar-refractivity contribution in [1.29, 1.82) is 0 Å². The number of hydrogen-bond donors (Lipinski definition) is 2. The molecule has 0 aliphatic heterocycles. The fourth-order valence-electron chi connectivity index (χ4n) is 0.990. The van der Waals surface area contributed by atoms with Gasteiger partial charge in [-0.25, -0.2) is 0 Å². The van der Waals surface area contributed by atoms with Crippen LogP contribution in [0, 0.1) is 0 Å². The molecule has 0 saturated carbocycles. The fraction of sp³-hybridized carbons (Fsp3) is 0.556. The Bertz CT molecular complexity index is 393. The lowest BCUT2D eigenvalue weighted by Gasteiger charge is -2.17. The molecular formula is C9H14N2O2S. The van der Waals surface area contributed by atoms with Crippen LogP contribution in [0.2, 0.25) is 0 Å². The highest BCUT2D eigenvalue weighted by Crippen LogP contribution is 2.23. The molecule has 0 amide bonds. The van der Waals surface area contributed by atoms with Crippen molar-refractivity contribution in [2.75, 3.05) is 6.26 Å². The van der Waals surface area contributed by atoms with E-state index in [1.165, 1.54) is 11.8 Å². The molecule has 0 atom stereocenters. The van der Waals surface area contributed by atoms with Crippen LogP contribution in [0.4, 0.5) is 0 Å². The van der Waals surface area contributed by atoms with Gasteiger partial charge in [-0.3, -0.25) is 4.79 Å². The lowest BCUT2D eigenvalue weighted by molar-refractivity contribution is 0.419. The van der Waals surface area contributed by atoms with Crippen molar-refractivity contribution in [2.24, 2.45) is 0 Å². The van der Waals surface area contributed by atoms with E-state index in [0.29, 0.717) is 5.82 Å². The molecule has 0 spiro atoms. The zero-order valence-corrected chi connectivity index (χ0v) is 9.53. The molecule has 1 heterocycles. The molecule has 0 aliphatic rings. The van der Waals surface area contributed by atoms with E-state index < -0.39 is 0 Å². The fourth-order valence-corrected chi connectivity index (χ4v) is 1.45. The first-order valence-corrected chi connectivity index (χ1v) is 5.46. The Labute approximate surface area is 86.8 Å². The van der Waals surface area contributed by atoms with Crippen molar-refractivity contribution >= 4 is 11.8 Å². The third-order valence-electron chi connectivity index (χ3n) is 1.77. The maximum atomic E-state index is 11.5. The first kappa shape index (κ1) is 11.1. The van der Waals surface area contributed by atoms with Gasteiger partial charge in [-0.2, -0.15) is 4.98 Å². The Morgan fingerprint density at radius 1 is 1.43 bits per heavy atom. The molecule has 78 valence electrons.